The van der Waals surface area contributed by atoms with Crippen LogP contribution in [0, 0.1) is 5.92 Å². The molecule has 1 aliphatic heterocycles. The number of amides is 1. The molecule has 0 bridgehead atoms. The van der Waals surface area contributed by atoms with Gasteiger partial charge >= 0.3 is 0 Å². The van der Waals surface area contributed by atoms with Crippen molar-refractivity contribution >= 4 is 17.6 Å². The Kier molecular flexibility index (Phi) is 9.53. The average molecular weight is 439 g/mol. The molecule has 1 fully saturated rings. The minimum atomic E-state index is -0.335. The Bertz CT molecular complexity index is 867. The number of carbonyl (C=O) groups excluding carboxylic acids is 1. The zero-order chi connectivity index (χ0) is 22.6. The van der Waals surface area contributed by atoms with Gasteiger partial charge in [-0.2, -0.15) is 0 Å². The standard InChI is InChI=1S/C25H34N4O3/c1-19(17-31-18-20-8-4-3-5-9-20)15-27-25(26-2)28-16-21-10-6-11-22(14-21)29-24(30)23-12-7-13-32-23/h3-6,8-11,14,19,23H,7,12-13,15-18H2,1-2H3,(H,29,30)(H2,26,27,28). The van der Waals surface area contributed by atoms with Crippen LogP contribution in [0.1, 0.15) is 30.9 Å². The summed E-state index contributed by atoms with van der Waals surface area (Å²) in [5.74, 6) is 0.996. The highest BCUT2D eigenvalue weighted by Gasteiger charge is 2.23. The van der Waals surface area contributed by atoms with Crippen molar-refractivity contribution < 1.29 is 14.3 Å². The lowest BCUT2D eigenvalue weighted by atomic mass is 10.2. The number of nitrogens with zero attached hydrogens (tertiary/aromatic N) is 1. The number of rotatable bonds is 10. The highest BCUT2D eigenvalue weighted by Crippen LogP contribution is 2.16. The molecule has 2 unspecified atom stereocenters. The van der Waals surface area contributed by atoms with E-state index < -0.39 is 0 Å². The minimum Gasteiger partial charge on any atom is -0.376 e. The SMILES string of the molecule is CN=C(NCc1cccc(NC(=O)C2CCCO2)c1)NCC(C)COCc1ccccc1. The van der Waals surface area contributed by atoms with Crippen LogP contribution in [0.4, 0.5) is 5.69 Å². The molecule has 0 spiro atoms. The average Bonchev–Trinajstić information content (AvgIpc) is 3.35. The summed E-state index contributed by atoms with van der Waals surface area (Å²) >= 11 is 0. The zero-order valence-corrected chi connectivity index (χ0v) is 19.0. The zero-order valence-electron chi connectivity index (χ0n) is 19.0. The molecular weight excluding hydrogens is 404 g/mol. The van der Waals surface area contributed by atoms with Crippen LogP contribution in [-0.4, -0.2) is 44.8 Å². The van der Waals surface area contributed by atoms with E-state index in [1.165, 1.54) is 5.56 Å². The van der Waals surface area contributed by atoms with Crippen LogP contribution in [0.15, 0.2) is 59.6 Å². The maximum absolute atomic E-state index is 12.3. The molecule has 1 heterocycles. The molecule has 0 aliphatic carbocycles. The van der Waals surface area contributed by atoms with Crippen LogP contribution in [0.3, 0.4) is 0 Å². The first-order chi connectivity index (χ1) is 15.6. The molecule has 1 saturated heterocycles. The highest BCUT2D eigenvalue weighted by molar-refractivity contribution is 5.94. The van der Waals surface area contributed by atoms with Gasteiger partial charge in [0.1, 0.15) is 6.10 Å². The van der Waals surface area contributed by atoms with Crippen molar-refractivity contribution in [2.45, 2.75) is 39.0 Å². The summed E-state index contributed by atoms with van der Waals surface area (Å²) in [6.45, 7) is 5.45. The van der Waals surface area contributed by atoms with Gasteiger partial charge in [-0.1, -0.05) is 49.4 Å². The molecule has 1 aliphatic rings. The molecule has 0 aromatic heterocycles. The molecule has 2 atom stereocenters. The Labute approximate surface area is 190 Å². The first-order valence-electron chi connectivity index (χ1n) is 11.2. The van der Waals surface area contributed by atoms with Gasteiger partial charge in [0.15, 0.2) is 5.96 Å². The van der Waals surface area contributed by atoms with E-state index >= 15 is 0 Å². The number of nitrogens with one attached hydrogen (secondary N) is 3. The lowest BCUT2D eigenvalue weighted by Gasteiger charge is -2.17. The third-order valence-electron chi connectivity index (χ3n) is 5.23. The van der Waals surface area contributed by atoms with Gasteiger partial charge in [0.25, 0.3) is 5.91 Å². The van der Waals surface area contributed by atoms with Crippen molar-refractivity contribution in [1.29, 1.82) is 0 Å². The number of benzene rings is 2. The van der Waals surface area contributed by atoms with E-state index in [0.717, 1.165) is 36.6 Å². The fourth-order valence-corrected chi connectivity index (χ4v) is 3.45. The number of anilines is 1. The van der Waals surface area contributed by atoms with Gasteiger partial charge in [0.05, 0.1) is 13.2 Å². The summed E-state index contributed by atoms with van der Waals surface area (Å²) in [5, 5.41) is 9.61. The number of carbonyl (C=O) groups is 1. The van der Waals surface area contributed by atoms with Gasteiger partial charge in [0, 0.05) is 32.4 Å². The summed E-state index contributed by atoms with van der Waals surface area (Å²) in [6, 6.07) is 18.0. The normalized spacial score (nSPS) is 17.1. The largest absolute Gasteiger partial charge is 0.376 e. The van der Waals surface area contributed by atoms with Crippen molar-refractivity contribution in [1.82, 2.24) is 10.6 Å². The Morgan fingerprint density at radius 3 is 2.72 bits per heavy atom. The molecule has 7 nitrogen and oxygen atoms in total. The van der Waals surface area contributed by atoms with E-state index in [1.807, 2.05) is 42.5 Å². The second kappa shape index (κ2) is 12.8. The van der Waals surface area contributed by atoms with Gasteiger partial charge in [0.2, 0.25) is 0 Å². The molecular formula is C25H34N4O3. The Morgan fingerprint density at radius 1 is 1.16 bits per heavy atom. The Hall–Kier alpha value is -2.90. The van der Waals surface area contributed by atoms with E-state index in [4.69, 9.17) is 9.47 Å². The predicted octanol–water partition coefficient (Wildman–Crippen LogP) is 3.32. The predicted molar refractivity (Wildman–Crippen MR) is 128 cm³/mol. The fraction of sp³-hybridized carbons (Fsp3) is 0.440. The van der Waals surface area contributed by atoms with Crippen LogP contribution >= 0.6 is 0 Å². The van der Waals surface area contributed by atoms with E-state index in [9.17, 15) is 4.79 Å². The second-order valence-corrected chi connectivity index (χ2v) is 8.10. The molecule has 1 amide bonds. The van der Waals surface area contributed by atoms with Gasteiger partial charge < -0.3 is 25.4 Å². The van der Waals surface area contributed by atoms with E-state index in [1.54, 1.807) is 7.05 Å². The molecule has 3 rings (SSSR count). The van der Waals surface area contributed by atoms with Crippen LogP contribution in [0.25, 0.3) is 0 Å². The smallest absolute Gasteiger partial charge is 0.253 e. The number of hydrogen-bond donors (Lipinski definition) is 3. The quantitative estimate of drug-likeness (QED) is 0.392. The molecule has 3 N–H and O–H groups in total. The third-order valence-corrected chi connectivity index (χ3v) is 5.23. The van der Waals surface area contributed by atoms with Crippen LogP contribution < -0.4 is 16.0 Å². The third kappa shape index (κ3) is 7.98. The van der Waals surface area contributed by atoms with Gasteiger partial charge in [-0.05, 0) is 42.0 Å². The number of ether oxygens (including phenoxy) is 2. The van der Waals surface area contributed by atoms with Crippen LogP contribution in [-0.2, 0) is 27.4 Å². The molecule has 7 heteroatoms. The Balaban J connectivity index is 1.37. The van der Waals surface area contributed by atoms with E-state index in [2.05, 4.69) is 40.0 Å². The summed E-state index contributed by atoms with van der Waals surface area (Å²) in [5.41, 5.74) is 3.01. The molecule has 2 aromatic rings. The maximum Gasteiger partial charge on any atom is 0.253 e. The molecule has 172 valence electrons. The first kappa shape index (κ1) is 23.8. The second-order valence-electron chi connectivity index (χ2n) is 8.10. The topological polar surface area (TPSA) is 84.0 Å². The van der Waals surface area contributed by atoms with Crippen molar-refractivity contribution in [3.8, 4) is 0 Å². The van der Waals surface area contributed by atoms with Crippen LogP contribution in [0.2, 0.25) is 0 Å². The molecule has 32 heavy (non-hydrogen) atoms. The molecule has 0 saturated carbocycles. The molecule has 0 radical (unpaired) electrons. The summed E-state index contributed by atoms with van der Waals surface area (Å²) in [7, 11) is 1.75. The van der Waals surface area contributed by atoms with Crippen molar-refractivity contribution in [2.75, 3.05) is 32.1 Å². The van der Waals surface area contributed by atoms with Gasteiger partial charge in [-0.3, -0.25) is 9.79 Å². The summed E-state index contributed by atoms with van der Waals surface area (Å²) < 4.78 is 11.3. The summed E-state index contributed by atoms with van der Waals surface area (Å²) in [4.78, 5) is 16.5. The number of aliphatic imine (C=N–C) groups is 1. The number of hydrogen-bond acceptors (Lipinski definition) is 4. The fourth-order valence-electron chi connectivity index (χ4n) is 3.45. The first-order valence-corrected chi connectivity index (χ1v) is 11.2. The Morgan fingerprint density at radius 2 is 1.97 bits per heavy atom. The van der Waals surface area contributed by atoms with Gasteiger partial charge in [-0.15, -0.1) is 0 Å². The monoisotopic (exact) mass is 438 g/mol. The maximum atomic E-state index is 12.3. The van der Waals surface area contributed by atoms with E-state index in [0.29, 0.717) is 32.3 Å². The summed E-state index contributed by atoms with van der Waals surface area (Å²) in [6.07, 6.45) is 1.38. The lowest BCUT2D eigenvalue weighted by molar-refractivity contribution is -0.124. The van der Waals surface area contributed by atoms with E-state index in [-0.39, 0.29) is 12.0 Å². The van der Waals surface area contributed by atoms with Crippen LogP contribution in [0.5, 0.6) is 0 Å². The highest BCUT2D eigenvalue weighted by atomic mass is 16.5. The van der Waals surface area contributed by atoms with Crippen molar-refractivity contribution in [3.63, 3.8) is 0 Å². The molecule has 2 aromatic carbocycles. The number of guanidine groups is 1. The van der Waals surface area contributed by atoms with Crippen molar-refractivity contribution in [2.24, 2.45) is 10.9 Å². The minimum absolute atomic E-state index is 0.0754. The van der Waals surface area contributed by atoms with Gasteiger partial charge in [-0.25, -0.2) is 0 Å². The lowest BCUT2D eigenvalue weighted by Crippen LogP contribution is -2.39. The van der Waals surface area contributed by atoms with Crippen molar-refractivity contribution in [3.05, 3.63) is 65.7 Å².